The Morgan fingerprint density at radius 3 is 2.50 bits per heavy atom. The van der Waals surface area contributed by atoms with Crippen LogP contribution in [0, 0.1) is 10.1 Å². The van der Waals surface area contributed by atoms with Crippen molar-refractivity contribution in [1.29, 1.82) is 0 Å². The maximum absolute atomic E-state index is 13.6. The van der Waals surface area contributed by atoms with Crippen molar-refractivity contribution in [3.63, 3.8) is 0 Å². The number of ether oxygens (including phenoxy) is 4. The number of methoxy groups -OCH3 is 3. The molecule has 1 atom stereocenters. The molecule has 3 aromatic rings. The van der Waals surface area contributed by atoms with Gasteiger partial charge >= 0.3 is 5.97 Å². The summed E-state index contributed by atoms with van der Waals surface area (Å²) in [6.07, 6.45) is 2.81. The topological polar surface area (TPSA) is 153 Å². The average Bonchev–Trinajstić information content (AvgIpc) is 3.26. The van der Waals surface area contributed by atoms with Gasteiger partial charge in [0, 0.05) is 17.5 Å². The van der Waals surface area contributed by atoms with Gasteiger partial charge in [-0.15, -0.1) is 21.9 Å². The van der Waals surface area contributed by atoms with E-state index in [0.29, 0.717) is 46.1 Å². The van der Waals surface area contributed by atoms with Crippen LogP contribution in [-0.2, 0) is 16.1 Å². The maximum Gasteiger partial charge on any atom is 0.311 e. The number of carbonyl (C=O) groups is 2. The predicted molar refractivity (Wildman–Crippen MR) is 162 cm³/mol. The van der Waals surface area contributed by atoms with E-state index < -0.39 is 23.0 Å². The summed E-state index contributed by atoms with van der Waals surface area (Å²) in [5.74, 6) is 0.462. The zero-order valence-corrected chi connectivity index (χ0v) is 25.5. The van der Waals surface area contributed by atoms with Crippen molar-refractivity contribution in [1.82, 2.24) is 5.32 Å². The minimum absolute atomic E-state index is 0.101. The maximum atomic E-state index is 13.6. The summed E-state index contributed by atoms with van der Waals surface area (Å²) in [7, 11) is 4.61. The van der Waals surface area contributed by atoms with Crippen LogP contribution in [0.4, 0.5) is 0 Å². The molecule has 44 heavy (non-hydrogen) atoms. The first kappa shape index (κ1) is 32.1. The highest BCUT2D eigenvalue weighted by molar-refractivity contribution is 7.98. The third kappa shape index (κ3) is 7.22. The van der Waals surface area contributed by atoms with Crippen LogP contribution >= 0.6 is 11.8 Å². The summed E-state index contributed by atoms with van der Waals surface area (Å²) in [5.41, 5.74) is 3.03. The molecule has 13 heteroatoms. The molecular weight excluding hydrogens is 592 g/mol. The van der Waals surface area contributed by atoms with Gasteiger partial charge in [-0.25, -0.2) is 0 Å². The van der Waals surface area contributed by atoms with Gasteiger partial charge in [0.15, 0.2) is 16.9 Å². The molecule has 0 aromatic heterocycles. The highest BCUT2D eigenvalue weighted by Crippen LogP contribution is 2.50. The number of benzene rings is 2. The van der Waals surface area contributed by atoms with Crippen molar-refractivity contribution in [3.8, 4) is 34.1 Å². The first-order valence-electron chi connectivity index (χ1n) is 13.6. The number of hydrogen-bond acceptors (Lipinski definition) is 11. The summed E-state index contributed by atoms with van der Waals surface area (Å²) in [5, 5.41) is 12.4. The molecule has 3 aromatic carbocycles. The van der Waals surface area contributed by atoms with Crippen LogP contribution in [0.1, 0.15) is 46.8 Å². The van der Waals surface area contributed by atoms with Crippen LogP contribution in [0.15, 0.2) is 58.2 Å². The number of aryl methyl sites for hydroxylation is 1. The highest BCUT2D eigenvalue weighted by Gasteiger charge is 2.30. The number of carbonyl (C=O) groups excluding carboxylic acids is 2. The van der Waals surface area contributed by atoms with Gasteiger partial charge in [0.1, 0.15) is 5.75 Å². The fourth-order valence-electron chi connectivity index (χ4n) is 5.10. The van der Waals surface area contributed by atoms with Crippen molar-refractivity contribution in [2.75, 3.05) is 34.2 Å². The van der Waals surface area contributed by atoms with Gasteiger partial charge < -0.3 is 29.1 Å². The van der Waals surface area contributed by atoms with E-state index in [1.807, 2.05) is 18.4 Å². The second-order valence-electron chi connectivity index (χ2n) is 9.69. The first-order valence-corrected chi connectivity index (χ1v) is 14.9. The van der Waals surface area contributed by atoms with Crippen molar-refractivity contribution in [2.45, 2.75) is 36.6 Å². The Labute approximate surface area is 257 Å². The van der Waals surface area contributed by atoms with E-state index in [9.17, 15) is 24.5 Å². The van der Waals surface area contributed by atoms with Crippen molar-refractivity contribution in [2.24, 2.45) is 0 Å². The van der Waals surface area contributed by atoms with Gasteiger partial charge in [-0.2, -0.15) is 0 Å². The highest BCUT2D eigenvalue weighted by atomic mass is 32.2. The standard InChI is InChI=1S/C31H32N2O10S/c1-39-25-16-18-10-12-23(22-17-24(34)26(44-4)13-11-21(22)28(18)30(41-3)29(25)40-2)32-31(36)19-7-5-8-20(15-19)43-27(35)9-6-14-42-33(37)38/h5,7-8,11,13,15-17,23H,6,9-10,12,14H2,1-4H3,(H,32,36)/t23-/m0/s1. The van der Waals surface area contributed by atoms with Gasteiger partial charge in [0.2, 0.25) is 5.75 Å². The van der Waals surface area contributed by atoms with Crippen molar-refractivity contribution in [3.05, 3.63) is 85.6 Å². The minimum Gasteiger partial charge on any atom is -0.493 e. The zero-order valence-electron chi connectivity index (χ0n) is 24.7. The third-order valence-electron chi connectivity index (χ3n) is 7.08. The SMILES string of the molecule is COc1cc2c(c(OC)c1OC)-c1ccc(SC)c(=O)cc1[C@@H](NC(=O)c1cccc(OC(=O)CCCO[N+](=O)[O-])c1)CC2. The Kier molecular flexibility index (Phi) is 10.7. The van der Waals surface area contributed by atoms with Gasteiger partial charge in [0.05, 0.1) is 38.9 Å². The zero-order chi connectivity index (χ0) is 31.8. The molecule has 0 bridgehead atoms. The third-order valence-corrected chi connectivity index (χ3v) is 7.85. The number of esters is 1. The molecule has 0 saturated heterocycles. The Bertz CT molecular complexity index is 1630. The molecule has 4 rings (SSSR count). The normalized spacial score (nSPS) is 13.4. The lowest BCUT2D eigenvalue weighted by Crippen LogP contribution is -2.29. The number of rotatable bonds is 12. The Balaban J connectivity index is 1.67. The number of nitrogens with one attached hydrogen (secondary N) is 1. The van der Waals surface area contributed by atoms with Crippen LogP contribution in [-0.4, -0.2) is 51.2 Å². The predicted octanol–water partition coefficient (Wildman–Crippen LogP) is 4.77. The molecule has 0 fully saturated rings. The quantitative estimate of drug-likeness (QED) is 0.0740. The first-order chi connectivity index (χ1) is 21.2. The molecular formula is C31H32N2O10S. The lowest BCUT2D eigenvalue weighted by atomic mass is 9.95. The monoisotopic (exact) mass is 624 g/mol. The Morgan fingerprint density at radius 1 is 1.05 bits per heavy atom. The molecule has 1 N–H and O–H groups in total. The lowest BCUT2D eigenvalue weighted by Gasteiger charge is -2.20. The van der Waals surface area contributed by atoms with E-state index in [2.05, 4.69) is 10.2 Å². The molecule has 232 valence electrons. The molecule has 0 heterocycles. The second-order valence-corrected chi connectivity index (χ2v) is 10.5. The summed E-state index contributed by atoms with van der Waals surface area (Å²) >= 11 is 1.33. The van der Waals surface area contributed by atoms with Crippen LogP contribution in [0.5, 0.6) is 23.0 Å². The van der Waals surface area contributed by atoms with E-state index in [0.717, 1.165) is 11.1 Å². The van der Waals surface area contributed by atoms with Crippen LogP contribution in [0.3, 0.4) is 0 Å². The molecule has 0 aliphatic heterocycles. The summed E-state index contributed by atoms with van der Waals surface area (Å²) in [4.78, 5) is 54.0. The number of fused-ring (bicyclic) bond motifs is 3. The molecule has 1 aliphatic carbocycles. The largest absolute Gasteiger partial charge is 0.493 e. The average molecular weight is 625 g/mol. The molecule has 1 aliphatic rings. The lowest BCUT2D eigenvalue weighted by molar-refractivity contribution is -0.757. The summed E-state index contributed by atoms with van der Waals surface area (Å²) in [6.45, 7) is -0.232. The fraction of sp³-hybridized carbons (Fsp3) is 0.323. The van der Waals surface area contributed by atoms with Gasteiger partial charge in [-0.1, -0.05) is 12.1 Å². The molecule has 0 unspecified atom stereocenters. The van der Waals surface area contributed by atoms with Gasteiger partial charge in [-0.05, 0) is 78.6 Å². The Hall–Kier alpha value is -4.78. The van der Waals surface area contributed by atoms with E-state index in [1.165, 1.54) is 38.1 Å². The van der Waals surface area contributed by atoms with Crippen LogP contribution < -0.4 is 29.7 Å². The minimum atomic E-state index is -0.928. The molecule has 0 radical (unpaired) electrons. The van der Waals surface area contributed by atoms with Crippen molar-refractivity contribution >= 4 is 23.6 Å². The van der Waals surface area contributed by atoms with E-state index in [4.69, 9.17) is 18.9 Å². The summed E-state index contributed by atoms with van der Waals surface area (Å²) < 4.78 is 22.4. The van der Waals surface area contributed by atoms with Crippen LogP contribution in [0.25, 0.3) is 11.1 Å². The second kappa shape index (κ2) is 14.6. The number of amides is 1. The Morgan fingerprint density at radius 2 is 1.82 bits per heavy atom. The number of nitrogens with zero attached hydrogens (tertiary/aromatic N) is 1. The molecule has 0 spiro atoms. The van der Waals surface area contributed by atoms with Crippen LogP contribution in [0.2, 0.25) is 0 Å². The van der Waals surface area contributed by atoms with E-state index in [-0.39, 0.29) is 36.2 Å². The van der Waals surface area contributed by atoms with Gasteiger partial charge in [-0.3, -0.25) is 14.4 Å². The van der Waals surface area contributed by atoms with Crippen molar-refractivity contribution < 1.29 is 38.5 Å². The van der Waals surface area contributed by atoms with E-state index >= 15 is 0 Å². The smallest absolute Gasteiger partial charge is 0.311 e. The summed E-state index contributed by atoms with van der Waals surface area (Å²) in [6, 6.07) is 12.6. The molecule has 12 nitrogen and oxygen atoms in total. The molecule has 1 amide bonds. The fourth-order valence-corrected chi connectivity index (χ4v) is 5.56. The molecule has 0 saturated carbocycles. The van der Waals surface area contributed by atoms with Gasteiger partial charge in [0.25, 0.3) is 11.0 Å². The van der Waals surface area contributed by atoms with E-state index in [1.54, 1.807) is 31.4 Å². The number of hydrogen-bond donors (Lipinski definition) is 1. The number of thioether (sulfide) groups is 1.